The Hall–Kier alpha value is -1.72. The molecule has 1 atom stereocenters. The van der Waals surface area contributed by atoms with E-state index < -0.39 is 0 Å². The Morgan fingerprint density at radius 2 is 1.70 bits per heavy atom. The summed E-state index contributed by atoms with van der Waals surface area (Å²) in [5, 5.41) is 6.08. The number of benzene rings is 2. The molecule has 5 heteroatoms. The average molecular weight is 379 g/mol. The van der Waals surface area contributed by atoms with E-state index in [0.29, 0.717) is 0 Å². The van der Waals surface area contributed by atoms with Crippen LogP contribution in [-0.4, -0.2) is 12.5 Å². The van der Waals surface area contributed by atoms with E-state index in [-0.39, 0.29) is 30.2 Å². The van der Waals surface area contributed by atoms with Gasteiger partial charge in [0.2, 0.25) is 5.91 Å². The maximum atomic E-state index is 13.0. The minimum atomic E-state index is -0.260. The van der Waals surface area contributed by atoms with Crippen LogP contribution >= 0.6 is 15.9 Å². The zero-order valence-corrected chi connectivity index (χ0v) is 14.7. The SMILES string of the molecule is CC(C)[C@H](NCC(=O)Nc1ccc(Br)cc1)c1ccc(F)cc1. The molecule has 0 saturated carbocycles. The molecular formula is C18H20BrFN2O. The maximum absolute atomic E-state index is 13.0. The second-order valence-electron chi connectivity index (χ2n) is 5.71. The van der Waals surface area contributed by atoms with Gasteiger partial charge < -0.3 is 10.6 Å². The first kappa shape index (κ1) is 17.6. The first-order valence-electron chi connectivity index (χ1n) is 7.50. The molecule has 0 aliphatic rings. The van der Waals surface area contributed by atoms with Gasteiger partial charge in [-0.3, -0.25) is 4.79 Å². The number of rotatable bonds is 6. The molecule has 2 aromatic carbocycles. The van der Waals surface area contributed by atoms with Crippen LogP contribution in [0.4, 0.5) is 10.1 Å². The van der Waals surface area contributed by atoms with Crippen molar-refractivity contribution in [2.75, 3.05) is 11.9 Å². The number of nitrogens with one attached hydrogen (secondary N) is 2. The Balaban J connectivity index is 1.94. The summed E-state index contributed by atoms with van der Waals surface area (Å²) >= 11 is 3.36. The van der Waals surface area contributed by atoms with Gasteiger partial charge in [-0.1, -0.05) is 41.9 Å². The first-order valence-corrected chi connectivity index (χ1v) is 8.29. The van der Waals surface area contributed by atoms with Crippen molar-refractivity contribution in [2.24, 2.45) is 5.92 Å². The topological polar surface area (TPSA) is 41.1 Å². The third-order valence-electron chi connectivity index (χ3n) is 3.51. The van der Waals surface area contributed by atoms with Gasteiger partial charge in [0.1, 0.15) is 5.82 Å². The van der Waals surface area contributed by atoms with Crippen molar-refractivity contribution in [1.29, 1.82) is 0 Å². The van der Waals surface area contributed by atoms with Gasteiger partial charge in [0, 0.05) is 16.2 Å². The summed E-state index contributed by atoms with van der Waals surface area (Å²) in [5.74, 6) is -0.0923. The highest BCUT2D eigenvalue weighted by Gasteiger charge is 2.16. The second-order valence-corrected chi connectivity index (χ2v) is 6.62. The number of hydrogen-bond acceptors (Lipinski definition) is 2. The summed E-state index contributed by atoms with van der Waals surface area (Å²) < 4.78 is 14.0. The van der Waals surface area contributed by atoms with Crippen LogP contribution in [0.1, 0.15) is 25.5 Å². The van der Waals surface area contributed by atoms with Gasteiger partial charge in [-0.2, -0.15) is 0 Å². The molecule has 0 aliphatic heterocycles. The van der Waals surface area contributed by atoms with Gasteiger partial charge in [-0.15, -0.1) is 0 Å². The summed E-state index contributed by atoms with van der Waals surface area (Å²) in [7, 11) is 0. The molecule has 2 aromatic rings. The highest BCUT2D eigenvalue weighted by molar-refractivity contribution is 9.10. The molecule has 0 aromatic heterocycles. The monoisotopic (exact) mass is 378 g/mol. The fourth-order valence-corrected chi connectivity index (χ4v) is 2.61. The molecule has 0 aliphatic carbocycles. The van der Waals surface area contributed by atoms with Crippen LogP contribution in [-0.2, 0) is 4.79 Å². The molecule has 3 nitrogen and oxygen atoms in total. The molecule has 0 radical (unpaired) electrons. The van der Waals surface area contributed by atoms with E-state index in [1.165, 1.54) is 12.1 Å². The van der Waals surface area contributed by atoms with Crippen LogP contribution in [0.5, 0.6) is 0 Å². The molecule has 122 valence electrons. The first-order chi connectivity index (χ1) is 11.0. The minimum Gasteiger partial charge on any atom is -0.325 e. The van der Waals surface area contributed by atoms with Gasteiger partial charge in [0.15, 0.2) is 0 Å². The molecule has 0 bridgehead atoms. The van der Waals surface area contributed by atoms with Crippen LogP contribution in [0, 0.1) is 11.7 Å². The molecule has 0 spiro atoms. The fraction of sp³-hybridized carbons (Fsp3) is 0.278. The predicted molar refractivity (Wildman–Crippen MR) is 94.8 cm³/mol. The summed E-state index contributed by atoms with van der Waals surface area (Å²) in [6.07, 6.45) is 0. The second kappa shape index (κ2) is 8.22. The van der Waals surface area contributed by atoms with E-state index in [0.717, 1.165) is 15.7 Å². The fourth-order valence-electron chi connectivity index (χ4n) is 2.35. The van der Waals surface area contributed by atoms with Crippen LogP contribution in [0.25, 0.3) is 0 Å². The van der Waals surface area contributed by atoms with E-state index in [1.807, 2.05) is 24.3 Å². The number of halogens is 2. The van der Waals surface area contributed by atoms with E-state index in [2.05, 4.69) is 40.4 Å². The Labute approximate surface area is 144 Å². The molecule has 1 amide bonds. The van der Waals surface area contributed by atoms with Crippen molar-refractivity contribution < 1.29 is 9.18 Å². The van der Waals surface area contributed by atoms with E-state index in [1.54, 1.807) is 12.1 Å². The number of anilines is 1. The van der Waals surface area contributed by atoms with Crippen molar-refractivity contribution >= 4 is 27.5 Å². The lowest BCUT2D eigenvalue weighted by Crippen LogP contribution is -2.33. The molecule has 0 saturated heterocycles. The Kier molecular flexibility index (Phi) is 6.30. The van der Waals surface area contributed by atoms with Crippen LogP contribution < -0.4 is 10.6 Å². The minimum absolute atomic E-state index is 0.00809. The summed E-state index contributed by atoms with van der Waals surface area (Å²) in [5.41, 5.74) is 1.72. The van der Waals surface area contributed by atoms with E-state index in [4.69, 9.17) is 0 Å². The highest BCUT2D eigenvalue weighted by atomic mass is 79.9. The van der Waals surface area contributed by atoms with Crippen molar-refractivity contribution in [2.45, 2.75) is 19.9 Å². The van der Waals surface area contributed by atoms with Crippen molar-refractivity contribution in [1.82, 2.24) is 5.32 Å². The predicted octanol–water partition coefficient (Wildman–Crippen LogP) is 4.51. The zero-order valence-electron chi connectivity index (χ0n) is 13.1. The molecular weight excluding hydrogens is 359 g/mol. The largest absolute Gasteiger partial charge is 0.325 e. The van der Waals surface area contributed by atoms with Gasteiger partial charge in [-0.05, 0) is 47.9 Å². The number of hydrogen-bond donors (Lipinski definition) is 2. The summed E-state index contributed by atoms with van der Waals surface area (Å²) in [6.45, 7) is 4.32. The molecule has 2 rings (SSSR count). The standard InChI is InChI=1S/C18H20BrFN2O/c1-12(2)18(13-3-7-15(20)8-4-13)21-11-17(23)22-16-9-5-14(19)6-10-16/h3-10,12,18,21H,11H2,1-2H3,(H,22,23)/t18-/m0/s1. The van der Waals surface area contributed by atoms with Gasteiger partial charge in [-0.25, -0.2) is 4.39 Å². The van der Waals surface area contributed by atoms with Gasteiger partial charge >= 0.3 is 0 Å². The summed E-state index contributed by atoms with van der Waals surface area (Å²) in [4.78, 5) is 12.1. The lowest BCUT2D eigenvalue weighted by Gasteiger charge is -2.22. The van der Waals surface area contributed by atoms with Crippen molar-refractivity contribution in [3.05, 3.63) is 64.4 Å². The number of carbonyl (C=O) groups is 1. The third-order valence-corrected chi connectivity index (χ3v) is 4.03. The molecule has 0 fully saturated rings. The summed E-state index contributed by atoms with van der Waals surface area (Å²) in [6, 6.07) is 13.8. The molecule has 23 heavy (non-hydrogen) atoms. The van der Waals surface area contributed by atoms with Crippen LogP contribution in [0.15, 0.2) is 53.0 Å². The van der Waals surface area contributed by atoms with E-state index in [9.17, 15) is 9.18 Å². The van der Waals surface area contributed by atoms with E-state index >= 15 is 0 Å². The van der Waals surface area contributed by atoms with Crippen LogP contribution in [0.3, 0.4) is 0 Å². The Morgan fingerprint density at radius 1 is 1.09 bits per heavy atom. The molecule has 2 N–H and O–H groups in total. The lowest BCUT2D eigenvalue weighted by molar-refractivity contribution is -0.115. The lowest BCUT2D eigenvalue weighted by atomic mass is 9.96. The Bertz CT molecular complexity index is 641. The van der Waals surface area contributed by atoms with Crippen molar-refractivity contribution in [3.63, 3.8) is 0 Å². The zero-order chi connectivity index (χ0) is 16.8. The number of carbonyl (C=O) groups excluding carboxylic acids is 1. The normalized spacial score (nSPS) is 12.2. The highest BCUT2D eigenvalue weighted by Crippen LogP contribution is 2.21. The average Bonchev–Trinajstić information content (AvgIpc) is 2.51. The number of amides is 1. The maximum Gasteiger partial charge on any atom is 0.238 e. The molecule has 0 heterocycles. The van der Waals surface area contributed by atoms with Gasteiger partial charge in [0.05, 0.1) is 6.54 Å². The Morgan fingerprint density at radius 3 is 2.26 bits per heavy atom. The quantitative estimate of drug-likeness (QED) is 0.775. The smallest absolute Gasteiger partial charge is 0.238 e. The molecule has 0 unspecified atom stereocenters. The van der Waals surface area contributed by atoms with Gasteiger partial charge in [0.25, 0.3) is 0 Å². The third kappa shape index (κ3) is 5.44. The van der Waals surface area contributed by atoms with Crippen molar-refractivity contribution in [3.8, 4) is 0 Å². The van der Waals surface area contributed by atoms with Crippen LogP contribution in [0.2, 0.25) is 0 Å².